The first-order valence-electron chi connectivity index (χ1n) is 8.83. The molecule has 162 valence electrons. The van der Waals surface area contributed by atoms with E-state index in [9.17, 15) is 19.3 Å². The molecule has 4 rings (SSSR count). The fourth-order valence-electron chi connectivity index (χ4n) is 3.18. The maximum atomic E-state index is 15.1. The lowest BCUT2D eigenvalue weighted by molar-refractivity contribution is -0.179. The Labute approximate surface area is 168 Å². The second-order valence-corrected chi connectivity index (χ2v) is 8.31. The molecule has 2 aliphatic heterocycles. The Kier molecular flexibility index (Phi) is 5.28. The summed E-state index contributed by atoms with van der Waals surface area (Å²) in [5.41, 5.74) is -0.962. The number of hydrogen-bond acceptors (Lipinski definition) is 9. The van der Waals surface area contributed by atoms with Gasteiger partial charge < -0.3 is 19.1 Å². The molecular formula is C17H18FN2O9P. The molecule has 0 amide bonds. The van der Waals surface area contributed by atoms with Crippen LogP contribution in [0.3, 0.4) is 0 Å². The zero-order chi connectivity index (χ0) is 21.5. The largest absolute Gasteiger partial charge is 0.530 e. The van der Waals surface area contributed by atoms with Crippen LogP contribution < -0.4 is 20.5 Å². The summed E-state index contributed by atoms with van der Waals surface area (Å²) in [5.74, 6) is -2.13. The Hall–Kier alpha value is -2.50. The third kappa shape index (κ3) is 3.92. The van der Waals surface area contributed by atoms with Crippen LogP contribution in [0.2, 0.25) is 0 Å². The highest BCUT2D eigenvalue weighted by atomic mass is 31.2. The van der Waals surface area contributed by atoms with Crippen molar-refractivity contribution >= 4 is 7.82 Å². The quantitative estimate of drug-likeness (QED) is 0.652. The number of aromatic amines is 1. The van der Waals surface area contributed by atoms with Crippen LogP contribution in [0.4, 0.5) is 4.39 Å². The molecule has 0 bridgehead atoms. The van der Waals surface area contributed by atoms with Crippen molar-refractivity contribution in [2.45, 2.75) is 31.2 Å². The van der Waals surface area contributed by atoms with Crippen molar-refractivity contribution < 1.29 is 37.1 Å². The molecule has 3 heterocycles. The first kappa shape index (κ1) is 20.8. The SMILES string of the molecule is COc1cccc2c1OP(=O)(OC[C@]1(F)C[C@@H](O)[C@H](n3ccc(=O)[nH]c3=O)O1)OC2. The molecule has 0 spiro atoms. The van der Waals surface area contributed by atoms with Gasteiger partial charge in [0, 0.05) is 24.2 Å². The van der Waals surface area contributed by atoms with Crippen molar-refractivity contribution in [3.05, 3.63) is 56.9 Å². The number of H-pyrrole nitrogens is 1. The zero-order valence-electron chi connectivity index (χ0n) is 15.6. The maximum Gasteiger partial charge on any atom is 0.530 e. The summed E-state index contributed by atoms with van der Waals surface area (Å²) in [6.07, 6.45) is -2.36. The van der Waals surface area contributed by atoms with Crippen molar-refractivity contribution in [3.8, 4) is 11.5 Å². The van der Waals surface area contributed by atoms with Gasteiger partial charge in [0.25, 0.3) is 5.56 Å². The lowest BCUT2D eigenvalue weighted by Crippen LogP contribution is -2.35. The highest BCUT2D eigenvalue weighted by Crippen LogP contribution is 2.57. The number of aliphatic hydroxyl groups is 1. The van der Waals surface area contributed by atoms with E-state index in [1.807, 2.05) is 4.98 Å². The summed E-state index contributed by atoms with van der Waals surface area (Å²) < 4.78 is 54.6. The van der Waals surface area contributed by atoms with E-state index in [4.69, 9.17) is 23.0 Å². The number of fused-ring (bicyclic) bond motifs is 1. The summed E-state index contributed by atoms with van der Waals surface area (Å²) in [6.45, 7) is -1.01. The Morgan fingerprint density at radius 3 is 2.93 bits per heavy atom. The summed E-state index contributed by atoms with van der Waals surface area (Å²) in [6, 6.07) is 6.00. The van der Waals surface area contributed by atoms with Crippen molar-refractivity contribution in [1.82, 2.24) is 9.55 Å². The number of nitrogens with zero attached hydrogens (tertiary/aromatic N) is 1. The molecule has 4 atom stereocenters. The predicted molar refractivity (Wildman–Crippen MR) is 97.9 cm³/mol. The van der Waals surface area contributed by atoms with Crippen LogP contribution in [-0.4, -0.2) is 40.3 Å². The number of alkyl halides is 1. The van der Waals surface area contributed by atoms with Crippen LogP contribution >= 0.6 is 7.82 Å². The van der Waals surface area contributed by atoms with Crippen molar-refractivity contribution in [1.29, 1.82) is 0 Å². The van der Waals surface area contributed by atoms with Gasteiger partial charge in [0.15, 0.2) is 17.7 Å². The Morgan fingerprint density at radius 1 is 1.40 bits per heavy atom. The standard InChI is InChI=1S/C17H18FN2O9P/c1-25-12-4-2-3-10-8-26-30(24,29-14(10)12)27-9-17(18)7-11(21)15(28-17)20-6-5-13(22)19-16(20)23/h2-6,11,15,21H,7-9H2,1H3,(H,19,22,23)/t11-,15-,17+,30?/m1/s1. The molecule has 11 nitrogen and oxygen atoms in total. The lowest BCUT2D eigenvalue weighted by atomic mass is 10.2. The van der Waals surface area contributed by atoms with Gasteiger partial charge in [-0.05, 0) is 6.07 Å². The van der Waals surface area contributed by atoms with E-state index >= 15 is 4.39 Å². The number of benzene rings is 1. The molecule has 1 fully saturated rings. The van der Waals surface area contributed by atoms with Crippen LogP contribution in [-0.2, 0) is 25.0 Å². The monoisotopic (exact) mass is 444 g/mol. The first-order chi connectivity index (χ1) is 14.2. The highest BCUT2D eigenvalue weighted by molar-refractivity contribution is 7.49. The Balaban J connectivity index is 1.48. The van der Waals surface area contributed by atoms with E-state index in [1.54, 1.807) is 18.2 Å². The molecule has 2 aromatic rings. The minimum absolute atomic E-state index is 0.109. The van der Waals surface area contributed by atoms with Crippen LogP contribution in [0.1, 0.15) is 18.2 Å². The number of hydrogen-bond donors (Lipinski definition) is 2. The summed E-state index contributed by atoms with van der Waals surface area (Å²) in [5, 5.41) is 10.2. The molecule has 0 saturated carbocycles. The number of aliphatic hydroxyl groups excluding tert-OH is 1. The number of phosphoric acid groups is 1. The van der Waals surface area contributed by atoms with Gasteiger partial charge in [0.2, 0.25) is 5.85 Å². The van der Waals surface area contributed by atoms with Crippen molar-refractivity contribution in [2.75, 3.05) is 13.7 Å². The Morgan fingerprint density at radius 2 is 2.20 bits per heavy atom. The van der Waals surface area contributed by atoms with E-state index < -0.39 is 50.3 Å². The van der Waals surface area contributed by atoms with Crippen LogP contribution in [0.25, 0.3) is 0 Å². The number of rotatable bonds is 5. The minimum atomic E-state index is -4.21. The van der Waals surface area contributed by atoms with Gasteiger partial charge in [-0.3, -0.25) is 23.4 Å². The molecule has 1 aromatic heterocycles. The third-order valence-corrected chi connectivity index (χ3v) is 5.90. The summed E-state index contributed by atoms with van der Waals surface area (Å²) >= 11 is 0. The minimum Gasteiger partial charge on any atom is -0.493 e. The molecule has 1 unspecified atom stereocenters. The number of aromatic nitrogens is 2. The second kappa shape index (κ2) is 7.64. The van der Waals surface area contributed by atoms with E-state index in [0.29, 0.717) is 11.3 Å². The molecule has 0 radical (unpaired) electrons. The number of halogens is 1. The topological polar surface area (TPSA) is 138 Å². The normalized spacial score (nSPS) is 30.5. The van der Waals surface area contributed by atoms with Crippen molar-refractivity contribution in [2.24, 2.45) is 0 Å². The van der Waals surface area contributed by atoms with Gasteiger partial charge in [-0.1, -0.05) is 12.1 Å². The highest BCUT2D eigenvalue weighted by Gasteiger charge is 2.50. The van der Waals surface area contributed by atoms with E-state index in [1.165, 1.54) is 7.11 Å². The number of para-hydroxylation sites is 1. The zero-order valence-corrected chi connectivity index (χ0v) is 16.5. The van der Waals surface area contributed by atoms with Crippen LogP contribution in [0, 0.1) is 0 Å². The predicted octanol–water partition coefficient (Wildman–Crippen LogP) is 1.22. The van der Waals surface area contributed by atoms with E-state index in [-0.39, 0.29) is 12.4 Å². The van der Waals surface area contributed by atoms with Gasteiger partial charge >= 0.3 is 13.5 Å². The van der Waals surface area contributed by atoms with Crippen molar-refractivity contribution in [3.63, 3.8) is 0 Å². The molecule has 2 N–H and O–H groups in total. The first-order valence-corrected chi connectivity index (χ1v) is 10.3. The molecule has 13 heteroatoms. The van der Waals surface area contributed by atoms with Crippen LogP contribution in [0.5, 0.6) is 11.5 Å². The average Bonchev–Trinajstić information content (AvgIpc) is 3.01. The van der Waals surface area contributed by atoms with Gasteiger partial charge in [0.05, 0.1) is 13.7 Å². The molecule has 1 aromatic carbocycles. The van der Waals surface area contributed by atoms with Gasteiger partial charge in [-0.25, -0.2) is 13.8 Å². The fraction of sp³-hybridized carbons (Fsp3) is 0.412. The fourth-order valence-corrected chi connectivity index (χ4v) is 4.44. The lowest BCUT2D eigenvalue weighted by Gasteiger charge is -2.28. The molecule has 0 aliphatic carbocycles. The van der Waals surface area contributed by atoms with Gasteiger partial charge in [-0.15, -0.1) is 0 Å². The number of phosphoric ester groups is 1. The number of methoxy groups -OCH3 is 1. The molecule has 30 heavy (non-hydrogen) atoms. The summed E-state index contributed by atoms with van der Waals surface area (Å²) in [4.78, 5) is 25.0. The van der Waals surface area contributed by atoms with E-state index in [2.05, 4.69) is 0 Å². The Bertz CT molecular complexity index is 1100. The molecular weight excluding hydrogens is 426 g/mol. The average molecular weight is 444 g/mol. The van der Waals surface area contributed by atoms with Gasteiger partial charge in [0.1, 0.15) is 12.7 Å². The molecule has 1 saturated heterocycles. The maximum absolute atomic E-state index is 15.1. The number of nitrogens with one attached hydrogen (secondary N) is 1. The molecule has 2 aliphatic rings. The van der Waals surface area contributed by atoms with Gasteiger partial charge in [-0.2, -0.15) is 0 Å². The second-order valence-electron chi connectivity index (χ2n) is 6.71. The van der Waals surface area contributed by atoms with Crippen LogP contribution in [0.15, 0.2) is 40.1 Å². The third-order valence-electron chi connectivity index (χ3n) is 4.60. The number of ether oxygens (including phenoxy) is 2. The van der Waals surface area contributed by atoms with E-state index in [0.717, 1.165) is 16.8 Å². The summed E-state index contributed by atoms with van der Waals surface area (Å²) in [7, 11) is -2.80. The smallest absolute Gasteiger partial charge is 0.493 e.